The fourth-order valence-corrected chi connectivity index (χ4v) is 2.88. The largest absolute Gasteiger partial charge is 0.379 e. The number of ether oxygens (including phenoxy) is 2. The van der Waals surface area contributed by atoms with Gasteiger partial charge >= 0.3 is 0 Å². The lowest BCUT2D eigenvalue weighted by Gasteiger charge is -2.25. The molecule has 0 bridgehead atoms. The van der Waals surface area contributed by atoms with Gasteiger partial charge in [0.1, 0.15) is 0 Å². The van der Waals surface area contributed by atoms with Crippen molar-refractivity contribution >= 4 is 0 Å². The van der Waals surface area contributed by atoms with Crippen LogP contribution in [-0.4, -0.2) is 57.6 Å². The van der Waals surface area contributed by atoms with Crippen LogP contribution in [0.4, 0.5) is 0 Å². The van der Waals surface area contributed by atoms with Crippen LogP contribution in [-0.2, 0) is 9.47 Å². The van der Waals surface area contributed by atoms with E-state index in [9.17, 15) is 0 Å². The third-order valence-electron chi connectivity index (χ3n) is 4.46. The quantitative estimate of drug-likeness (QED) is 0.168. The molecule has 0 aromatic heterocycles. The van der Waals surface area contributed by atoms with E-state index < -0.39 is 0 Å². The second-order valence-electron chi connectivity index (χ2n) is 10.2. The molecule has 4 heteroatoms. The zero-order valence-electron chi connectivity index (χ0n) is 25.6. The first-order valence-electron chi connectivity index (χ1n) is 14.2. The van der Waals surface area contributed by atoms with Gasteiger partial charge < -0.3 is 14.4 Å². The van der Waals surface area contributed by atoms with Gasteiger partial charge in [0.15, 0.2) is 0 Å². The predicted octanol–water partition coefficient (Wildman–Crippen LogP) is 8.50. The summed E-state index contributed by atoms with van der Waals surface area (Å²) in [5, 5.41) is 3.24. The maximum absolute atomic E-state index is 5.39. The monoisotopic (exact) mass is 479 g/mol. The van der Waals surface area contributed by atoms with Crippen molar-refractivity contribution in [3.05, 3.63) is 0 Å². The molecule has 0 rings (SSSR count). The molecule has 0 aromatic carbocycles. The van der Waals surface area contributed by atoms with Gasteiger partial charge in [-0.2, -0.15) is 0 Å². The Bertz CT molecular complexity index is 322. The highest BCUT2D eigenvalue weighted by molar-refractivity contribution is 4.64. The number of nitrogens with one attached hydrogen (secondary N) is 1. The first-order chi connectivity index (χ1) is 15.6. The Morgan fingerprint density at radius 1 is 0.818 bits per heavy atom. The van der Waals surface area contributed by atoms with E-state index in [1.165, 1.54) is 51.7 Å². The molecular formula is C29H70N2O2. The maximum atomic E-state index is 5.39. The van der Waals surface area contributed by atoms with E-state index in [-0.39, 0.29) is 1.43 Å². The van der Waals surface area contributed by atoms with Crippen molar-refractivity contribution in [2.75, 3.05) is 52.7 Å². The van der Waals surface area contributed by atoms with Gasteiger partial charge in [0, 0.05) is 14.6 Å². The van der Waals surface area contributed by atoms with E-state index in [0.717, 1.165) is 19.1 Å². The van der Waals surface area contributed by atoms with Crippen LogP contribution in [0.15, 0.2) is 0 Å². The minimum atomic E-state index is 0. The fourth-order valence-electron chi connectivity index (χ4n) is 2.88. The van der Waals surface area contributed by atoms with Gasteiger partial charge in [-0.25, -0.2) is 0 Å². The molecule has 0 heterocycles. The molecule has 0 saturated heterocycles. The molecule has 0 aliphatic heterocycles. The lowest BCUT2D eigenvalue weighted by Crippen LogP contribution is -2.29. The summed E-state index contributed by atoms with van der Waals surface area (Å²) < 4.78 is 10.7. The van der Waals surface area contributed by atoms with Gasteiger partial charge in [0.05, 0.1) is 19.9 Å². The van der Waals surface area contributed by atoms with E-state index in [0.29, 0.717) is 31.3 Å². The van der Waals surface area contributed by atoms with Crippen molar-refractivity contribution in [1.29, 1.82) is 0 Å². The number of nitrogens with zero attached hydrogens (tertiary/aromatic N) is 1. The molecule has 0 saturated carbocycles. The topological polar surface area (TPSA) is 33.7 Å². The van der Waals surface area contributed by atoms with Crippen molar-refractivity contribution in [3.8, 4) is 0 Å². The summed E-state index contributed by atoms with van der Waals surface area (Å²) in [5.74, 6) is 1.40. The Hall–Kier alpha value is -0.160. The highest BCUT2D eigenvalue weighted by Gasteiger charge is 2.11. The molecule has 208 valence electrons. The SMILES string of the molecule is CC.CC.CCCCCNCOCCOCC(C)C.CCN(CCCC(C)(C)C)CC(C)C.[HH]. The molecule has 33 heavy (non-hydrogen) atoms. The molecule has 4 nitrogen and oxygen atoms in total. The predicted molar refractivity (Wildman–Crippen MR) is 154 cm³/mol. The standard InChI is InChI=1S/C13H29N.C12H27NO2.2C2H6.H2/c1-7-14(11-12(2)3)10-8-9-13(4,5)6;1-4-5-6-7-13-11-15-9-8-14-10-12(2)3;2*1-2;/h12H,7-11H2,1-6H3;12-13H,4-11H2,1-3H3;2*1-2H3;1H. The molecular weight excluding hydrogens is 408 g/mol. The third kappa shape index (κ3) is 45.9. The maximum Gasteiger partial charge on any atom is 0.0966 e. The third-order valence-corrected chi connectivity index (χ3v) is 4.46. The van der Waals surface area contributed by atoms with Crippen LogP contribution >= 0.6 is 0 Å². The molecule has 0 fully saturated rings. The van der Waals surface area contributed by atoms with Crippen molar-refractivity contribution in [3.63, 3.8) is 0 Å². The first kappa shape index (κ1) is 40.0. The van der Waals surface area contributed by atoms with E-state index in [1.54, 1.807) is 0 Å². The summed E-state index contributed by atoms with van der Waals surface area (Å²) in [6.45, 7) is 36.0. The minimum Gasteiger partial charge on any atom is -0.379 e. The fraction of sp³-hybridized carbons (Fsp3) is 1.00. The Balaban J connectivity index is -0.000000140. The lowest BCUT2D eigenvalue weighted by atomic mass is 9.90. The van der Waals surface area contributed by atoms with Gasteiger partial charge in [-0.3, -0.25) is 5.32 Å². The number of hydrogen-bond acceptors (Lipinski definition) is 4. The van der Waals surface area contributed by atoms with Crippen LogP contribution in [0.3, 0.4) is 0 Å². The Kier molecular flexibility index (Phi) is 38.6. The first-order valence-corrected chi connectivity index (χ1v) is 14.2. The summed E-state index contributed by atoms with van der Waals surface area (Å²) in [6, 6.07) is 0. The highest BCUT2D eigenvalue weighted by atomic mass is 16.5. The molecule has 0 unspecified atom stereocenters. The van der Waals surface area contributed by atoms with Crippen LogP contribution in [0.5, 0.6) is 0 Å². The van der Waals surface area contributed by atoms with Crippen LogP contribution < -0.4 is 5.32 Å². The summed E-state index contributed by atoms with van der Waals surface area (Å²) in [5.41, 5.74) is 0.497. The molecule has 0 spiro atoms. The van der Waals surface area contributed by atoms with Gasteiger partial charge in [0.25, 0.3) is 0 Å². The van der Waals surface area contributed by atoms with Gasteiger partial charge in [-0.05, 0) is 56.1 Å². The molecule has 0 aromatic rings. The average molecular weight is 479 g/mol. The van der Waals surface area contributed by atoms with Gasteiger partial charge in [-0.1, -0.05) is 103 Å². The second-order valence-corrected chi connectivity index (χ2v) is 10.2. The number of rotatable bonds is 17. The van der Waals surface area contributed by atoms with Crippen molar-refractivity contribution < 1.29 is 10.9 Å². The molecule has 0 aliphatic rings. The molecule has 1 N–H and O–H groups in total. The molecule has 0 amide bonds. The Labute approximate surface area is 213 Å². The normalized spacial score (nSPS) is 10.9. The van der Waals surface area contributed by atoms with Crippen molar-refractivity contribution in [2.24, 2.45) is 17.3 Å². The highest BCUT2D eigenvalue weighted by Crippen LogP contribution is 2.20. The molecule has 0 radical (unpaired) electrons. The molecule has 0 aliphatic carbocycles. The van der Waals surface area contributed by atoms with Crippen LogP contribution in [0.25, 0.3) is 0 Å². The average Bonchev–Trinajstić information content (AvgIpc) is 2.76. The summed E-state index contributed by atoms with van der Waals surface area (Å²) in [4.78, 5) is 2.57. The van der Waals surface area contributed by atoms with Crippen LogP contribution in [0.2, 0.25) is 0 Å². The summed E-state index contributed by atoms with van der Waals surface area (Å²) >= 11 is 0. The summed E-state index contributed by atoms with van der Waals surface area (Å²) in [6.07, 6.45) is 6.48. The second kappa shape index (κ2) is 31.8. The lowest BCUT2D eigenvalue weighted by molar-refractivity contribution is 0.0316. The Morgan fingerprint density at radius 2 is 1.39 bits per heavy atom. The van der Waals surface area contributed by atoms with E-state index in [1.807, 2.05) is 27.7 Å². The zero-order valence-corrected chi connectivity index (χ0v) is 25.6. The van der Waals surface area contributed by atoms with Crippen molar-refractivity contribution in [2.45, 2.75) is 122 Å². The van der Waals surface area contributed by atoms with E-state index in [4.69, 9.17) is 9.47 Å². The van der Waals surface area contributed by atoms with Crippen LogP contribution in [0, 0.1) is 17.3 Å². The van der Waals surface area contributed by atoms with E-state index >= 15 is 0 Å². The number of unbranched alkanes of at least 4 members (excludes halogenated alkanes) is 2. The zero-order chi connectivity index (χ0) is 26.5. The van der Waals surface area contributed by atoms with Crippen LogP contribution in [0.1, 0.15) is 124 Å². The van der Waals surface area contributed by atoms with Gasteiger partial charge in [0.2, 0.25) is 0 Å². The summed E-state index contributed by atoms with van der Waals surface area (Å²) in [7, 11) is 0. The number of hydrogen-bond donors (Lipinski definition) is 1. The van der Waals surface area contributed by atoms with Crippen molar-refractivity contribution in [1.82, 2.24) is 10.2 Å². The van der Waals surface area contributed by atoms with Gasteiger partial charge in [-0.15, -0.1) is 0 Å². The molecule has 0 atom stereocenters. The minimum absolute atomic E-state index is 0. The van der Waals surface area contributed by atoms with E-state index in [2.05, 4.69) is 72.5 Å². The smallest absolute Gasteiger partial charge is 0.0966 e. The Morgan fingerprint density at radius 3 is 1.85 bits per heavy atom.